The maximum atomic E-state index is 13.0. The van der Waals surface area contributed by atoms with Crippen molar-refractivity contribution in [2.24, 2.45) is 5.73 Å². The van der Waals surface area contributed by atoms with Crippen LogP contribution in [0.5, 0.6) is 0 Å². The van der Waals surface area contributed by atoms with Crippen LogP contribution in [-0.2, 0) is 0 Å². The van der Waals surface area contributed by atoms with E-state index in [1.807, 2.05) is 0 Å². The van der Waals surface area contributed by atoms with Gasteiger partial charge in [-0.15, -0.1) is 0 Å². The van der Waals surface area contributed by atoms with Gasteiger partial charge in [-0.2, -0.15) is 0 Å². The number of hydrogen-bond acceptors (Lipinski definition) is 2. The summed E-state index contributed by atoms with van der Waals surface area (Å²) in [5.74, 6) is -0.964. The predicted molar refractivity (Wildman–Crippen MR) is 81.7 cm³/mol. The highest BCUT2D eigenvalue weighted by atomic mass is 35.5. The van der Waals surface area contributed by atoms with Gasteiger partial charge in [-0.05, 0) is 30.3 Å². The first-order valence-corrected chi connectivity index (χ1v) is 6.43. The Hall–Kier alpha value is -1.98. The second kappa shape index (κ2) is 5.98. The molecule has 2 aromatic carbocycles. The molecule has 0 saturated heterocycles. The molecule has 0 bridgehead atoms. The summed E-state index contributed by atoms with van der Waals surface area (Å²) in [4.78, 5) is 12.3. The molecule has 102 valence electrons. The van der Waals surface area contributed by atoms with Gasteiger partial charge in [-0.3, -0.25) is 4.79 Å². The molecule has 0 aliphatic rings. The van der Waals surface area contributed by atoms with Gasteiger partial charge >= 0.3 is 0 Å². The van der Waals surface area contributed by atoms with E-state index in [2.05, 4.69) is 5.32 Å². The minimum absolute atomic E-state index is 0.0373. The van der Waals surface area contributed by atoms with E-state index >= 15 is 0 Å². The molecule has 2 rings (SSSR count). The highest BCUT2D eigenvalue weighted by Crippen LogP contribution is 2.20. The van der Waals surface area contributed by atoms with Gasteiger partial charge in [0.15, 0.2) is 0 Å². The first-order valence-electron chi connectivity index (χ1n) is 5.64. The van der Waals surface area contributed by atoms with Crippen LogP contribution in [0.15, 0.2) is 42.5 Å². The molecule has 0 saturated carbocycles. The topological polar surface area (TPSA) is 55.1 Å². The van der Waals surface area contributed by atoms with E-state index in [4.69, 9.17) is 29.6 Å². The lowest BCUT2D eigenvalue weighted by Gasteiger charge is -2.10. The Bertz CT molecular complexity index is 691. The van der Waals surface area contributed by atoms with Crippen molar-refractivity contribution >= 4 is 40.4 Å². The van der Waals surface area contributed by atoms with Gasteiger partial charge in [-0.1, -0.05) is 36.0 Å². The minimum atomic E-state index is -0.505. The summed E-state index contributed by atoms with van der Waals surface area (Å²) in [7, 11) is 0. The molecule has 0 aliphatic heterocycles. The molecule has 0 aliphatic carbocycles. The summed E-state index contributed by atoms with van der Waals surface area (Å²) in [6.07, 6.45) is 0. The molecule has 0 aromatic heterocycles. The van der Waals surface area contributed by atoms with Crippen molar-refractivity contribution in [1.29, 1.82) is 0 Å². The Kier molecular flexibility index (Phi) is 4.32. The zero-order valence-corrected chi connectivity index (χ0v) is 11.8. The zero-order valence-electron chi connectivity index (χ0n) is 10.2. The Balaban J connectivity index is 2.30. The third kappa shape index (κ3) is 3.12. The number of halogens is 2. The Labute approximate surface area is 125 Å². The van der Waals surface area contributed by atoms with E-state index < -0.39 is 11.7 Å². The van der Waals surface area contributed by atoms with E-state index in [-0.39, 0.29) is 15.6 Å². The fourth-order valence-electron chi connectivity index (χ4n) is 1.67. The number of benzene rings is 2. The van der Waals surface area contributed by atoms with Crippen LogP contribution in [0.2, 0.25) is 5.02 Å². The number of carbonyl (C=O) groups excluding carboxylic acids is 1. The SMILES string of the molecule is NC(=S)c1ccccc1NC(=O)c1ccc(F)cc1Cl. The number of hydrogen-bond donors (Lipinski definition) is 2. The second-order valence-electron chi connectivity index (χ2n) is 3.99. The Morgan fingerprint density at radius 2 is 1.90 bits per heavy atom. The van der Waals surface area contributed by atoms with Crippen LogP contribution in [0.1, 0.15) is 15.9 Å². The highest BCUT2D eigenvalue weighted by Gasteiger charge is 2.13. The number of thiocarbonyl (C=S) groups is 1. The smallest absolute Gasteiger partial charge is 0.257 e. The summed E-state index contributed by atoms with van der Waals surface area (Å²) in [6, 6.07) is 10.4. The van der Waals surface area contributed by atoms with Crippen molar-refractivity contribution in [2.45, 2.75) is 0 Å². The average Bonchev–Trinajstić information content (AvgIpc) is 2.38. The second-order valence-corrected chi connectivity index (χ2v) is 4.84. The fraction of sp³-hybridized carbons (Fsp3) is 0. The average molecular weight is 309 g/mol. The molecule has 0 heterocycles. The van der Waals surface area contributed by atoms with Gasteiger partial charge in [0, 0.05) is 5.56 Å². The number of carbonyl (C=O) groups is 1. The van der Waals surface area contributed by atoms with Crippen molar-refractivity contribution in [2.75, 3.05) is 5.32 Å². The van der Waals surface area contributed by atoms with E-state index in [9.17, 15) is 9.18 Å². The molecule has 0 spiro atoms. The molecule has 6 heteroatoms. The first kappa shape index (κ1) is 14.4. The molecule has 3 N–H and O–H groups in total. The maximum Gasteiger partial charge on any atom is 0.257 e. The van der Waals surface area contributed by atoms with E-state index in [1.54, 1.807) is 24.3 Å². The van der Waals surface area contributed by atoms with Crippen molar-refractivity contribution in [3.63, 3.8) is 0 Å². The van der Waals surface area contributed by atoms with Gasteiger partial charge in [0.1, 0.15) is 10.8 Å². The maximum absolute atomic E-state index is 13.0. The predicted octanol–water partition coefficient (Wildman–Crippen LogP) is 3.37. The Morgan fingerprint density at radius 1 is 1.20 bits per heavy atom. The van der Waals surface area contributed by atoms with Crippen molar-refractivity contribution in [3.8, 4) is 0 Å². The number of anilines is 1. The van der Waals surface area contributed by atoms with E-state index in [0.29, 0.717) is 11.3 Å². The van der Waals surface area contributed by atoms with Gasteiger partial charge in [0.2, 0.25) is 0 Å². The minimum Gasteiger partial charge on any atom is -0.389 e. The number of nitrogens with one attached hydrogen (secondary N) is 1. The normalized spacial score (nSPS) is 10.1. The standard InChI is InChI=1S/C14H10ClFN2OS/c15-11-7-8(16)5-6-9(11)14(19)18-12-4-2-1-3-10(12)13(17)20/h1-7H,(H2,17,20)(H,18,19). The van der Waals surface area contributed by atoms with Crippen molar-refractivity contribution < 1.29 is 9.18 Å². The molecule has 0 atom stereocenters. The van der Waals surface area contributed by atoms with Gasteiger partial charge < -0.3 is 11.1 Å². The Morgan fingerprint density at radius 3 is 2.55 bits per heavy atom. The summed E-state index contributed by atoms with van der Waals surface area (Å²) < 4.78 is 13.0. The third-order valence-electron chi connectivity index (χ3n) is 2.62. The van der Waals surface area contributed by atoms with Gasteiger partial charge in [-0.25, -0.2) is 4.39 Å². The van der Waals surface area contributed by atoms with Crippen LogP contribution in [0.25, 0.3) is 0 Å². The highest BCUT2D eigenvalue weighted by molar-refractivity contribution is 7.80. The van der Waals surface area contributed by atoms with Crippen LogP contribution in [0.3, 0.4) is 0 Å². The molecular formula is C14H10ClFN2OS. The lowest BCUT2D eigenvalue weighted by molar-refractivity contribution is 0.102. The van der Waals surface area contributed by atoms with Gasteiger partial charge in [0.05, 0.1) is 16.3 Å². The van der Waals surface area contributed by atoms with E-state index in [0.717, 1.165) is 6.07 Å². The fourth-order valence-corrected chi connectivity index (χ4v) is 2.10. The van der Waals surface area contributed by atoms with E-state index in [1.165, 1.54) is 12.1 Å². The number of nitrogens with two attached hydrogens (primary N) is 1. The first-order chi connectivity index (χ1) is 9.49. The molecule has 3 nitrogen and oxygen atoms in total. The number of para-hydroxylation sites is 1. The molecule has 0 radical (unpaired) electrons. The third-order valence-corrected chi connectivity index (χ3v) is 3.15. The summed E-state index contributed by atoms with van der Waals surface area (Å²) >= 11 is 10.8. The van der Waals surface area contributed by atoms with Crippen molar-refractivity contribution in [3.05, 3.63) is 64.4 Å². The van der Waals surface area contributed by atoms with Crippen LogP contribution in [0, 0.1) is 5.82 Å². The van der Waals surface area contributed by atoms with Crippen LogP contribution in [-0.4, -0.2) is 10.9 Å². The van der Waals surface area contributed by atoms with Gasteiger partial charge in [0.25, 0.3) is 5.91 Å². The summed E-state index contributed by atoms with van der Waals surface area (Å²) in [6.45, 7) is 0. The molecule has 0 fully saturated rings. The lowest BCUT2D eigenvalue weighted by atomic mass is 10.1. The van der Waals surface area contributed by atoms with Crippen LogP contribution < -0.4 is 11.1 Å². The molecule has 1 amide bonds. The van der Waals surface area contributed by atoms with Crippen LogP contribution in [0.4, 0.5) is 10.1 Å². The van der Waals surface area contributed by atoms with Crippen LogP contribution >= 0.6 is 23.8 Å². The largest absolute Gasteiger partial charge is 0.389 e. The molecule has 0 unspecified atom stereocenters. The quantitative estimate of drug-likeness (QED) is 0.855. The van der Waals surface area contributed by atoms with Crippen molar-refractivity contribution in [1.82, 2.24) is 0 Å². The molecule has 20 heavy (non-hydrogen) atoms. The zero-order chi connectivity index (χ0) is 14.7. The summed E-state index contributed by atoms with van der Waals surface area (Å²) in [5.41, 5.74) is 6.78. The molecule has 2 aromatic rings. The summed E-state index contributed by atoms with van der Waals surface area (Å²) in [5, 5.41) is 2.69. The monoisotopic (exact) mass is 308 g/mol. The number of amides is 1. The lowest BCUT2D eigenvalue weighted by Crippen LogP contribution is -2.17. The number of rotatable bonds is 3. The molecular weight excluding hydrogens is 299 g/mol.